The van der Waals surface area contributed by atoms with E-state index in [2.05, 4.69) is 17.2 Å². The van der Waals surface area contributed by atoms with Gasteiger partial charge in [-0.1, -0.05) is 24.0 Å². The first kappa shape index (κ1) is 14.2. The van der Waals surface area contributed by atoms with Crippen LogP contribution in [0.4, 0.5) is 5.69 Å². The number of hydrogen-bond donors (Lipinski definition) is 2. The van der Waals surface area contributed by atoms with Crippen molar-refractivity contribution in [3.05, 3.63) is 29.8 Å². The van der Waals surface area contributed by atoms with Crippen LogP contribution in [0.25, 0.3) is 0 Å². The highest BCUT2D eigenvalue weighted by Crippen LogP contribution is 2.13. The lowest BCUT2D eigenvalue weighted by Gasteiger charge is -2.09. The Hall–Kier alpha value is -1.83. The van der Waals surface area contributed by atoms with Gasteiger partial charge < -0.3 is 15.2 Å². The smallest absolute Gasteiger partial charge is 0.250 e. The van der Waals surface area contributed by atoms with Gasteiger partial charge in [-0.15, -0.1) is 0 Å². The molecule has 0 fully saturated rings. The largest absolute Gasteiger partial charge is 0.384 e. The zero-order valence-corrected chi connectivity index (χ0v) is 10.6. The maximum Gasteiger partial charge on any atom is 0.250 e. The van der Waals surface area contributed by atoms with Crippen LogP contribution in [0.5, 0.6) is 0 Å². The maximum atomic E-state index is 11.6. The molecule has 4 heteroatoms. The summed E-state index contributed by atoms with van der Waals surface area (Å²) >= 11 is 0. The number of para-hydroxylation sites is 1. The van der Waals surface area contributed by atoms with Crippen molar-refractivity contribution >= 4 is 11.6 Å². The molecule has 0 saturated heterocycles. The number of benzene rings is 1. The molecule has 0 radical (unpaired) electrons. The fourth-order valence-corrected chi connectivity index (χ4v) is 1.26. The molecule has 0 spiro atoms. The molecule has 1 aromatic carbocycles. The number of rotatable bonds is 4. The van der Waals surface area contributed by atoms with Crippen LogP contribution in [0, 0.1) is 11.8 Å². The van der Waals surface area contributed by atoms with Crippen LogP contribution in [-0.2, 0) is 9.53 Å². The van der Waals surface area contributed by atoms with Gasteiger partial charge in [0.1, 0.15) is 13.2 Å². The minimum absolute atomic E-state index is 0.0133. The Bertz CT molecular complexity index is 458. The average Bonchev–Trinajstić information content (AvgIpc) is 2.35. The molecular formula is C14H17NO3. The fraction of sp³-hybridized carbons (Fsp3) is 0.357. The minimum atomic E-state index is -0.220. The molecule has 0 aromatic heterocycles. The van der Waals surface area contributed by atoms with Crippen molar-refractivity contribution in [3.8, 4) is 11.8 Å². The van der Waals surface area contributed by atoms with E-state index in [-0.39, 0.29) is 25.2 Å². The molecule has 0 saturated carbocycles. The third-order valence-corrected chi connectivity index (χ3v) is 2.05. The molecule has 0 aliphatic heterocycles. The maximum absolute atomic E-state index is 11.6. The van der Waals surface area contributed by atoms with E-state index in [9.17, 15) is 4.79 Å². The molecule has 0 atom stereocenters. The molecule has 1 rings (SSSR count). The lowest BCUT2D eigenvalue weighted by atomic mass is 10.2. The number of carbonyl (C=O) groups excluding carboxylic acids is 1. The molecule has 96 valence electrons. The van der Waals surface area contributed by atoms with Gasteiger partial charge in [-0.3, -0.25) is 4.79 Å². The number of anilines is 1. The highest BCUT2D eigenvalue weighted by atomic mass is 16.5. The van der Waals surface area contributed by atoms with Crippen molar-refractivity contribution in [1.29, 1.82) is 0 Å². The lowest BCUT2D eigenvalue weighted by molar-refractivity contribution is -0.121. The van der Waals surface area contributed by atoms with Crippen molar-refractivity contribution < 1.29 is 14.6 Å². The first-order valence-electron chi connectivity index (χ1n) is 5.73. The van der Waals surface area contributed by atoms with Crippen LogP contribution in [0.1, 0.15) is 19.4 Å². The Labute approximate surface area is 107 Å². The van der Waals surface area contributed by atoms with Crippen LogP contribution in [-0.4, -0.2) is 30.3 Å². The van der Waals surface area contributed by atoms with E-state index in [0.717, 1.165) is 0 Å². The number of hydrogen-bond acceptors (Lipinski definition) is 3. The summed E-state index contributed by atoms with van der Waals surface area (Å²) in [5.74, 6) is 5.11. The molecule has 1 aromatic rings. The van der Waals surface area contributed by atoms with Gasteiger partial charge in [0.25, 0.3) is 0 Å². The standard InChI is InChI=1S/C14H17NO3/c1-11(2)18-10-14(17)15-13-8-4-3-6-12(13)7-5-9-16/h3-4,6,8,11,16H,9-10H2,1-2H3,(H,15,17). The first-order chi connectivity index (χ1) is 8.63. The first-order valence-corrected chi connectivity index (χ1v) is 5.73. The van der Waals surface area contributed by atoms with Crippen molar-refractivity contribution in [2.75, 3.05) is 18.5 Å². The van der Waals surface area contributed by atoms with Gasteiger partial charge in [-0.05, 0) is 26.0 Å². The summed E-state index contributed by atoms with van der Waals surface area (Å²) in [6.07, 6.45) is 0.0141. The van der Waals surface area contributed by atoms with Crippen molar-refractivity contribution in [3.63, 3.8) is 0 Å². The number of carbonyl (C=O) groups is 1. The van der Waals surface area contributed by atoms with Crippen LogP contribution < -0.4 is 5.32 Å². The second-order valence-electron chi connectivity index (χ2n) is 3.91. The van der Waals surface area contributed by atoms with Gasteiger partial charge in [0.2, 0.25) is 5.91 Å². The number of aliphatic hydroxyl groups excluding tert-OH is 1. The summed E-state index contributed by atoms with van der Waals surface area (Å²) in [7, 11) is 0. The van der Waals surface area contributed by atoms with Crippen molar-refractivity contribution in [1.82, 2.24) is 0 Å². The Morgan fingerprint density at radius 2 is 2.17 bits per heavy atom. The van der Waals surface area contributed by atoms with Gasteiger partial charge in [-0.25, -0.2) is 0 Å². The van der Waals surface area contributed by atoms with Crippen LogP contribution in [0.2, 0.25) is 0 Å². The van der Waals surface area contributed by atoms with E-state index in [1.54, 1.807) is 12.1 Å². The van der Waals surface area contributed by atoms with E-state index < -0.39 is 0 Å². The van der Waals surface area contributed by atoms with E-state index >= 15 is 0 Å². The Morgan fingerprint density at radius 1 is 1.44 bits per heavy atom. The summed E-state index contributed by atoms with van der Waals surface area (Å²) in [6, 6.07) is 7.17. The summed E-state index contributed by atoms with van der Waals surface area (Å²) in [6.45, 7) is 3.54. The second kappa shape index (κ2) is 7.49. The van der Waals surface area contributed by atoms with Gasteiger partial charge >= 0.3 is 0 Å². The highest BCUT2D eigenvalue weighted by molar-refractivity contribution is 5.93. The molecule has 1 amide bonds. The average molecular weight is 247 g/mol. The van der Waals surface area contributed by atoms with E-state index in [0.29, 0.717) is 11.3 Å². The lowest BCUT2D eigenvalue weighted by Crippen LogP contribution is -2.21. The van der Waals surface area contributed by atoms with Gasteiger partial charge in [-0.2, -0.15) is 0 Å². The van der Waals surface area contributed by atoms with E-state index in [4.69, 9.17) is 9.84 Å². The minimum Gasteiger partial charge on any atom is -0.384 e. The quantitative estimate of drug-likeness (QED) is 0.791. The summed E-state index contributed by atoms with van der Waals surface area (Å²) in [5, 5.41) is 11.4. The van der Waals surface area contributed by atoms with Gasteiger partial charge in [0.05, 0.1) is 11.8 Å². The van der Waals surface area contributed by atoms with Crippen LogP contribution >= 0.6 is 0 Å². The van der Waals surface area contributed by atoms with Gasteiger partial charge in [0.15, 0.2) is 0 Å². The van der Waals surface area contributed by atoms with Gasteiger partial charge in [0, 0.05) is 5.56 Å². The predicted molar refractivity (Wildman–Crippen MR) is 70.1 cm³/mol. The van der Waals surface area contributed by atoms with Crippen molar-refractivity contribution in [2.24, 2.45) is 0 Å². The number of nitrogens with one attached hydrogen (secondary N) is 1. The molecule has 0 heterocycles. The summed E-state index contributed by atoms with van der Waals surface area (Å²) < 4.78 is 5.21. The second-order valence-corrected chi connectivity index (χ2v) is 3.91. The normalized spacial score (nSPS) is 9.78. The summed E-state index contributed by atoms with van der Waals surface area (Å²) in [5.41, 5.74) is 1.29. The van der Waals surface area contributed by atoms with Crippen LogP contribution in [0.3, 0.4) is 0 Å². The topological polar surface area (TPSA) is 58.6 Å². The Morgan fingerprint density at radius 3 is 2.83 bits per heavy atom. The van der Waals surface area contributed by atoms with Crippen LogP contribution in [0.15, 0.2) is 24.3 Å². The molecule has 18 heavy (non-hydrogen) atoms. The number of amides is 1. The highest BCUT2D eigenvalue weighted by Gasteiger charge is 2.06. The van der Waals surface area contributed by atoms with E-state index in [1.165, 1.54) is 0 Å². The molecule has 0 unspecified atom stereocenters. The SMILES string of the molecule is CC(C)OCC(=O)Nc1ccccc1C#CCO. The summed E-state index contributed by atoms with van der Waals surface area (Å²) in [4.78, 5) is 11.6. The predicted octanol–water partition coefficient (Wildman–Crippen LogP) is 1.39. The third kappa shape index (κ3) is 5.00. The molecule has 0 aliphatic carbocycles. The van der Waals surface area contributed by atoms with Crippen molar-refractivity contribution in [2.45, 2.75) is 20.0 Å². The zero-order chi connectivity index (χ0) is 13.4. The molecule has 4 nitrogen and oxygen atoms in total. The monoisotopic (exact) mass is 247 g/mol. The number of aliphatic hydroxyl groups is 1. The molecular weight excluding hydrogens is 230 g/mol. The molecule has 2 N–H and O–H groups in total. The Balaban J connectivity index is 2.69. The molecule has 0 aliphatic rings. The molecule has 0 bridgehead atoms. The van der Waals surface area contributed by atoms with E-state index in [1.807, 2.05) is 26.0 Å². The zero-order valence-electron chi connectivity index (χ0n) is 10.6. The third-order valence-electron chi connectivity index (χ3n) is 2.05. The fourth-order valence-electron chi connectivity index (χ4n) is 1.26. The number of ether oxygens (including phenoxy) is 1. The Kier molecular flexibility index (Phi) is 5.92.